The molecule has 1 unspecified atom stereocenters. The number of amides is 1. The molecule has 1 atom stereocenters. The molecule has 0 aromatic carbocycles. The van der Waals surface area contributed by atoms with Crippen LogP contribution in [-0.2, 0) is 14.0 Å². The second-order valence-electron chi connectivity index (χ2n) is 7.93. The highest BCUT2D eigenvalue weighted by atomic mass is 28.4. The molecule has 0 saturated carbocycles. The summed E-state index contributed by atoms with van der Waals surface area (Å²) in [5.41, 5.74) is -0.662. The number of hydrogen-bond acceptors (Lipinski definition) is 4. The molecular weight excluding hydrogens is 302 g/mol. The smallest absolute Gasteiger partial charge is 0.408 e. The fraction of sp³-hybridized carbons (Fsp3) is 0.867. The van der Waals surface area contributed by atoms with E-state index in [1.165, 1.54) is 0 Å². The number of carboxylic acids is 1. The number of rotatable bonds is 6. The van der Waals surface area contributed by atoms with Crippen molar-refractivity contribution in [2.75, 3.05) is 6.61 Å². The number of carbonyl (C=O) groups is 2. The summed E-state index contributed by atoms with van der Waals surface area (Å²) in [5, 5.41) is 11.6. The van der Waals surface area contributed by atoms with E-state index in [4.69, 9.17) is 9.16 Å². The van der Waals surface area contributed by atoms with Crippen LogP contribution >= 0.6 is 0 Å². The van der Waals surface area contributed by atoms with E-state index in [2.05, 4.69) is 39.2 Å². The number of aliphatic carboxylic acids is 1. The summed E-state index contributed by atoms with van der Waals surface area (Å²) in [7, 11) is -1.92. The molecule has 6 nitrogen and oxygen atoms in total. The standard InChI is InChI=1S/C15H31NO5Si/c1-14(2,3)21-13(19)16-11(12(17)18)9-10-20-22(7,8)15(4,5)6/h11H,9-10H2,1-8H3,(H,16,19)(H,17,18). The van der Waals surface area contributed by atoms with E-state index in [1.54, 1.807) is 20.8 Å². The van der Waals surface area contributed by atoms with Crippen molar-refractivity contribution in [2.45, 2.75) is 77.7 Å². The second-order valence-corrected chi connectivity index (χ2v) is 12.7. The maximum Gasteiger partial charge on any atom is 0.408 e. The first-order chi connectivity index (χ1) is 9.66. The molecule has 7 heteroatoms. The molecule has 0 aliphatic heterocycles. The Morgan fingerprint density at radius 3 is 2.00 bits per heavy atom. The average Bonchev–Trinajstić information content (AvgIpc) is 2.22. The van der Waals surface area contributed by atoms with Gasteiger partial charge in [-0.25, -0.2) is 9.59 Å². The third-order valence-corrected chi connectivity index (χ3v) is 8.20. The van der Waals surface area contributed by atoms with Crippen LogP contribution in [0.4, 0.5) is 4.79 Å². The van der Waals surface area contributed by atoms with Crippen molar-refractivity contribution < 1.29 is 23.9 Å². The zero-order valence-corrected chi connectivity index (χ0v) is 16.1. The van der Waals surface area contributed by atoms with Crippen molar-refractivity contribution in [3.8, 4) is 0 Å². The lowest BCUT2D eigenvalue weighted by Crippen LogP contribution is -2.46. The summed E-state index contributed by atoms with van der Waals surface area (Å²) in [6, 6.07) is -1.01. The summed E-state index contributed by atoms with van der Waals surface area (Å²) < 4.78 is 11.0. The van der Waals surface area contributed by atoms with Gasteiger partial charge in [-0.2, -0.15) is 0 Å². The Morgan fingerprint density at radius 1 is 1.14 bits per heavy atom. The monoisotopic (exact) mass is 333 g/mol. The van der Waals surface area contributed by atoms with Crippen LogP contribution in [0.5, 0.6) is 0 Å². The quantitative estimate of drug-likeness (QED) is 0.728. The Balaban J connectivity index is 4.51. The van der Waals surface area contributed by atoms with Crippen molar-refractivity contribution >= 4 is 20.4 Å². The second kappa shape index (κ2) is 7.46. The Hall–Kier alpha value is -1.08. The molecule has 2 N–H and O–H groups in total. The zero-order valence-electron chi connectivity index (χ0n) is 15.1. The highest BCUT2D eigenvalue weighted by Crippen LogP contribution is 2.36. The predicted molar refractivity (Wildman–Crippen MR) is 88.6 cm³/mol. The van der Waals surface area contributed by atoms with E-state index in [1.807, 2.05) is 0 Å². The molecule has 0 rings (SSSR count). The summed E-state index contributed by atoms with van der Waals surface area (Å²) >= 11 is 0. The van der Waals surface area contributed by atoms with Gasteiger partial charge in [-0.05, 0) is 38.9 Å². The summed E-state index contributed by atoms with van der Waals surface area (Å²) in [6.45, 7) is 16.0. The minimum absolute atomic E-state index is 0.0598. The molecule has 0 fully saturated rings. The molecular formula is C15H31NO5Si. The van der Waals surface area contributed by atoms with Crippen molar-refractivity contribution in [1.29, 1.82) is 0 Å². The lowest BCUT2D eigenvalue weighted by Gasteiger charge is -2.36. The van der Waals surface area contributed by atoms with Gasteiger partial charge in [-0.1, -0.05) is 20.8 Å². The molecule has 0 spiro atoms. The maximum atomic E-state index is 11.7. The van der Waals surface area contributed by atoms with E-state index in [0.717, 1.165) is 0 Å². The highest BCUT2D eigenvalue weighted by molar-refractivity contribution is 6.74. The van der Waals surface area contributed by atoms with Gasteiger partial charge >= 0.3 is 12.1 Å². The van der Waals surface area contributed by atoms with Gasteiger partial charge in [0.2, 0.25) is 0 Å². The van der Waals surface area contributed by atoms with E-state index in [0.29, 0.717) is 6.61 Å². The molecule has 0 bridgehead atoms. The Labute approximate surface area is 134 Å². The fourth-order valence-electron chi connectivity index (χ4n) is 1.36. The van der Waals surface area contributed by atoms with E-state index >= 15 is 0 Å². The number of alkyl carbamates (subject to hydrolysis) is 1. The first kappa shape index (κ1) is 20.9. The number of carbonyl (C=O) groups excluding carboxylic acids is 1. The summed E-state index contributed by atoms with van der Waals surface area (Å²) in [4.78, 5) is 22.9. The number of ether oxygens (including phenoxy) is 1. The molecule has 0 aromatic rings. The van der Waals surface area contributed by atoms with Gasteiger partial charge in [0, 0.05) is 13.0 Å². The Kier molecular flexibility index (Phi) is 7.09. The first-order valence-corrected chi connectivity index (χ1v) is 10.4. The van der Waals surface area contributed by atoms with Crippen molar-refractivity contribution in [1.82, 2.24) is 5.32 Å². The zero-order chi connectivity index (χ0) is 17.8. The number of carboxylic acid groups (broad SMARTS) is 1. The normalized spacial score (nSPS) is 14.4. The van der Waals surface area contributed by atoms with Crippen LogP contribution in [0.3, 0.4) is 0 Å². The van der Waals surface area contributed by atoms with Gasteiger partial charge in [-0.15, -0.1) is 0 Å². The van der Waals surface area contributed by atoms with Crippen LogP contribution in [-0.4, -0.2) is 43.7 Å². The van der Waals surface area contributed by atoms with E-state index in [-0.39, 0.29) is 11.5 Å². The molecule has 130 valence electrons. The van der Waals surface area contributed by atoms with E-state index in [9.17, 15) is 14.7 Å². The molecule has 0 radical (unpaired) electrons. The largest absolute Gasteiger partial charge is 0.480 e. The van der Waals surface area contributed by atoms with Crippen LogP contribution in [0.25, 0.3) is 0 Å². The Bertz CT molecular complexity index is 396. The van der Waals surface area contributed by atoms with Crippen LogP contribution in [0.1, 0.15) is 48.0 Å². The SMILES string of the molecule is CC(C)(C)OC(=O)NC(CCO[Si](C)(C)C(C)(C)C)C(=O)O. The lowest BCUT2D eigenvalue weighted by molar-refractivity contribution is -0.139. The number of nitrogens with one attached hydrogen (secondary N) is 1. The molecule has 0 aromatic heterocycles. The average molecular weight is 334 g/mol. The first-order valence-electron chi connectivity index (χ1n) is 7.52. The topological polar surface area (TPSA) is 84.9 Å². The molecule has 22 heavy (non-hydrogen) atoms. The van der Waals surface area contributed by atoms with Gasteiger partial charge in [0.25, 0.3) is 0 Å². The van der Waals surface area contributed by atoms with Gasteiger partial charge in [0.05, 0.1) is 0 Å². The summed E-state index contributed by atoms with van der Waals surface area (Å²) in [6.07, 6.45) is -0.520. The van der Waals surface area contributed by atoms with Crippen LogP contribution < -0.4 is 5.32 Å². The lowest BCUT2D eigenvalue weighted by atomic mass is 10.2. The third-order valence-electron chi connectivity index (χ3n) is 3.66. The maximum absolute atomic E-state index is 11.7. The van der Waals surface area contributed by atoms with Crippen molar-refractivity contribution in [3.63, 3.8) is 0 Å². The molecule has 0 heterocycles. The summed E-state index contributed by atoms with van der Waals surface area (Å²) in [5.74, 6) is -1.09. The molecule has 0 aliphatic carbocycles. The van der Waals surface area contributed by atoms with Gasteiger partial charge in [0.15, 0.2) is 8.32 Å². The minimum atomic E-state index is -1.92. The minimum Gasteiger partial charge on any atom is -0.480 e. The van der Waals surface area contributed by atoms with Crippen molar-refractivity contribution in [3.05, 3.63) is 0 Å². The fourth-order valence-corrected chi connectivity index (χ4v) is 2.42. The third kappa shape index (κ3) is 7.79. The van der Waals surface area contributed by atoms with Crippen molar-refractivity contribution in [2.24, 2.45) is 0 Å². The van der Waals surface area contributed by atoms with Gasteiger partial charge in [0.1, 0.15) is 11.6 Å². The van der Waals surface area contributed by atoms with E-state index < -0.39 is 32.0 Å². The van der Waals surface area contributed by atoms with Gasteiger partial charge in [-0.3, -0.25) is 0 Å². The van der Waals surface area contributed by atoms with Crippen LogP contribution in [0.15, 0.2) is 0 Å². The Morgan fingerprint density at radius 2 is 1.64 bits per heavy atom. The van der Waals surface area contributed by atoms with Crippen LogP contribution in [0, 0.1) is 0 Å². The van der Waals surface area contributed by atoms with Crippen LogP contribution in [0.2, 0.25) is 18.1 Å². The highest BCUT2D eigenvalue weighted by Gasteiger charge is 2.37. The molecule has 0 aliphatic rings. The molecule has 0 saturated heterocycles. The van der Waals surface area contributed by atoms with Gasteiger partial charge < -0.3 is 19.6 Å². The number of hydrogen-bond donors (Lipinski definition) is 2. The predicted octanol–water partition coefficient (Wildman–Crippen LogP) is 3.38. The molecule has 1 amide bonds.